The Kier molecular flexibility index (Phi) is 4.96. The minimum absolute atomic E-state index is 0.164. The van der Waals surface area contributed by atoms with Crippen LogP contribution in [0.25, 0.3) is 11.1 Å². The molecule has 142 valence electrons. The molecule has 0 atom stereocenters. The lowest BCUT2D eigenvalue weighted by molar-refractivity contribution is 0.423. The molecule has 0 aliphatic heterocycles. The van der Waals surface area contributed by atoms with E-state index in [2.05, 4.69) is 67.5 Å². The van der Waals surface area contributed by atoms with Gasteiger partial charge in [-0.1, -0.05) is 41.5 Å². The van der Waals surface area contributed by atoms with Gasteiger partial charge in [0.25, 0.3) is 0 Å². The van der Waals surface area contributed by atoms with Gasteiger partial charge >= 0.3 is 0 Å². The average molecular weight is 355 g/mol. The van der Waals surface area contributed by atoms with Crippen LogP contribution in [0.2, 0.25) is 0 Å². The molecule has 0 bridgehead atoms. The van der Waals surface area contributed by atoms with Gasteiger partial charge in [0.15, 0.2) is 0 Å². The van der Waals surface area contributed by atoms with Crippen LogP contribution in [0.3, 0.4) is 0 Å². The third-order valence-corrected chi connectivity index (χ3v) is 5.60. The van der Waals surface area contributed by atoms with Crippen molar-refractivity contribution < 1.29 is 10.2 Å². The number of aromatic hydroxyl groups is 2. The van der Waals surface area contributed by atoms with E-state index < -0.39 is 0 Å². The van der Waals surface area contributed by atoms with Crippen molar-refractivity contribution in [2.75, 3.05) is 0 Å². The fourth-order valence-corrected chi connectivity index (χ4v) is 3.65. The van der Waals surface area contributed by atoms with Gasteiger partial charge in [-0.05, 0) is 84.0 Å². The lowest BCUT2D eigenvalue weighted by atomic mass is 9.76. The topological polar surface area (TPSA) is 40.5 Å². The molecule has 0 saturated carbocycles. The molecule has 0 aliphatic rings. The quantitative estimate of drug-likeness (QED) is 0.606. The summed E-state index contributed by atoms with van der Waals surface area (Å²) >= 11 is 0. The highest BCUT2D eigenvalue weighted by molar-refractivity contribution is 5.78. The molecule has 2 nitrogen and oxygen atoms in total. The van der Waals surface area contributed by atoms with Gasteiger partial charge in [-0.25, -0.2) is 0 Å². The van der Waals surface area contributed by atoms with Crippen LogP contribution in [0, 0.1) is 27.7 Å². The molecule has 0 aliphatic carbocycles. The molecular formula is C24H34O2. The molecular weight excluding hydrogens is 320 g/mol. The molecule has 0 aromatic heterocycles. The van der Waals surface area contributed by atoms with Crippen molar-refractivity contribution in [2.45, 2.75) is 80.1 Å². The van der Waals surface area contributed by atoms with Gasteiger partial charge in [0.05, 0.1) is 0 Å². The number of hydrogen-bond acceptors (Lipinski definition) is 2. The molecule has 2 N–H and O–H groups in total. The zero-order valence-electron chi connectivity index (χ0n) is 18.0. The van der Waals surface area contributed by atoms with Crippen molar-refractivity contribution in [1.82, 2.24) is 0 Å². The van der Waals surface area contributed by atoms with Gasteiger partial charge in [-0.3, -0.25) is 0 Å². The van der Waals surface area contributed by atoms with Gasteiger partial charge in [0.2, 0.25) is 0 Å². The molecule has 0 heterocycles. The Bertz CT molecular complexity index is 795. The Hall–Kier alpha value is -1.96. The maximum absolute atomic E-state index is 11.0. The van der Waals surface area contributed by atoms with Crippen molar-refractivity contribution in [3.05, 3.63) is 45.5 Å². The van der Waals surface area contributed by atoms with E-state index in [-0.39, 0.29) is 10.8 Å². The van der Waals surface area contributed by atoms with Gasteiger partial charge in [0, 0.05) is 11.1 Å². The maximum atomic E-state index is 11.0. The van der Waals surface area contributed by atoms with Gasteiger partial charge in [-0.2, -0.15) is 0 Å². The van der Waals surface area contributed by atoms with Crippen LogP contribution in [-0.4, -0.2) is 10.2 Å². The van der Waals surface area contributed by atoms with Crippen molar-refractivity contribution in [2.24, 2.45) is 0 Å². The van der Waals surface area contributed by atoms with E-state index in [1.807, 2.05) is 13.8 Å². The van der Waals surface area contributed by atoms with E-state index in [9.17, 15) is 10.2 Å². The van der Waals surface area contributed by atoms with Crippen LogP contribution >= 0.6 is 0 Å². The third-order valence-electron chi connectivity index (χ3n) is 5.60. The van der Waals surface area contributed by atoms with Crippen molar-refractivity contribution >= 4 is 0 Å². The first-order valence-corrected chi connectivity index (χ1v) is 9.35. The minimum atomic E-state index is -0.164. The molecule has 2 aromatic rings. The molecule has 0 spiro atoms. The first kappa shape index (κ1) is 20.4. The van der Waals surface area contributed by atoms with Crippen molar-refractivity contribution in [3.63, 3.8) is 0 Å². The zero-order chi connectivity index (χ0) is 20.2. The monoisotopic (exact) mass is 354 g/mol. The van der Waals surface area contributed by atoms with Crippen LogP contribution in [0.1, 0.15) is 74.9 Å². The van der Waals surface area contributed by atoms with E-state index >= 15 is 0 Å². The Labute approximate surface area is 158 Å². The number of hydrogen-bond donors (Lipinski definition) is 2. The third kappa shape index (κ3) is 3.34. The van der Waals surface area contributed by atoms with E-state index in [1.165, 1.54) is 0 Å². The van der Waals surface area contributed by atoms with E-state index in [4.69, 9.17) is 0 Å². The summed E-state index contributed by atoms with van der Waals surface area (Å²) in [5, 5.41) is 21.4. The molecule has 2 rings (SSSR count). The molecule has 2 heteroatoms. The fraction of sp³-hybridized carbons (Fsp3) is 0.500. The van der Waals surface area contributed by atoms with Crippen LogP contribution in [0.15, 0.2) is 12.1 Å². The minimum Gasteiger partial charge on any atom is -0.507 e. The normalized spacial score (nSPS) is 12.5. The zero-order valence-corrected chi connectivity index (χ0v) is 18.0. The predicted octanol–water partition coefficient (Wildman–Crippen LogP) is 6.59. The lowest BCUT2D eigenvalue weighted by Crippen LogP contribution is -2.17. The molecule has 2 aromatic carbocycles. The summed E-state index contributed by atoms with van der Waals surface area (Å²) in [6, 6.07) is 4.24. The second-order valence-corrected chi connectivity index (χ2v) is 9.64. The van der Waals surface area contributed by atoms with Crippen molar-refractivity contribution in [3.8, 4) is 22.6 Å². The summed E-state index contributed by atoms with van der Waals surface area (Å²) < 4.78 is 0. The second kappa shape index (κ2) is 6.33. The molecule has 26 heavy (non-hydrogen) atoms. The van der Waals surface area contributed by atoms with Gasteiger partial charge < -0.3 is 10.2 Å². The molecule has 0 amide bonds. The van der Waals surface area contributed by atoms with Crippen LogP contribution < -0.4 is 0 Å². The van der Waals surface area contributed by atoms with Crippen molar-refractivity contribution in [1.29, 1.82) is 0 Å². The maximum Gasteiger partial charge on any atom is 0.123 e. The van der Waals surface area contributed by atoms with Gasteiger partial charge in [0.1, 0.15) is 11.5 Å². The Morgan fingerprint density at radius 2 is 0.923 bits per heavy atom. The SMILES string of the molecule is Cc1c(C)c(-c2cc(C(C)(C)C)c(O)c(C(C)(C)C)c2)c(C)c(C)c1O. The van der Waals surface area contributed by atoms with E-state index in [0.717, 1.165) is 44.5 Å². The van der Waals surface area contributed by atoms with Crippen LogP contribution in [-0.2, 0) is 10.8 Å². The molecule has 0 unspecified atom stereocenters. The number of phenolic OH excluding ortho intramolecular Hbond substituents is 2. The molecule has 0 saturated heterocycles. The van der Waals surface area contributed by atoms with Gasteiger partial charge in [-0.15, -0.1) is 0 Å². The lowest BCUT2D eigenvalue weighted by Gasteiger charge is -2.29. The Balaban J connectivity index is 2.97. The second-order valence-electron chi connectivity index (χ2n) is 9.64. The molecule has 0 fully saturated rings. The standard InChI is InChI=1S/C24H34O2/c1-13-15(3)21(25)16(4)14(2)20(13)17-11-18(23(5,6)7)22(26)19(12-17)24(8,9)10/h11-12,25-26H,1-10H3. The average Bonchev–Trinajstić information content (AvgIpc) is 2.50. The predicted molar refractivity (Wildman–Crippen MR) is 112 cm³/mol. The first-order chi connectivity index (χ1) is 11.7. The first-order valence-electron chi connectivity index (χ1n) is 9.35. The smallest absolute Gasteiger partial charge is 0.123 e. The van der Waals surface area contributed by atoms with E-state index in [0.29, 0.717) is 11.5 Å². The summed E-state index contributed by atoms with van der Waals surface area (Å²) in [6.07, 6.45) is 0. The summed E-state index contributed by atoms with van der Waals surface area (Å²) in [4.78, 5) is 0. The fourth-order valence-electron chi connectivity index (χ4n) is 3.65. The van der Waals surface area contributed by atoms with E-state index in [1.54, 1.807) is 0 Å². The highest BCUT2D eigenvalue weighted by Crippen LogP contribution is 2.44. The van der Waals surface area contributed by atoms with Crippen LogP contribution in [0.4, 0.5) is 0 Å². The Morgan fingerprint density at radius 1 is 0.577 bits per heavy atom. The highest BCUT2D eigenvalue weighted by atomic mass is 16.3. The number of benzene rings is 2. The summed E-state index contributed by atoms with van der Waals surface area (Å²) in [6.45, 7) is 20.9. The Morgan fingerprint density at radius 3 is 1.23 bits per heavy atom. The number of phenols is 2. The largest absolute Gasteiger partial charge is 0.507 e. The molecule has 0 radical (unpaired) electrons. The number of rotatable bonds is 1. The highest BCUT2D eigenvalue weighted by Gasteiger charge is 2.28. The van der Waals surface area contributed by atoms with Crippen LogP contribution in [0.5, 0.6) is 11.5 Å². The summed E-state index contributed by atoms with van der Waals surface area (Å²) in [5.41, 5.74) is 7.90. The summed E-state index contributed by atoms with van der Waals surface area (Å²) in [5.74, 6) is 0.783. The summed E-state index contributed by atoms with van der Waals surface area (Å²) in [7, 11) is 0.